The summed E-state index contributed by atoms with van der Waals surface area (Å²) in [6, 6.07) is 7.38. The first kappa shape index (κ1) is 23.5. The second kappa shape index (κ2) is 12.6. The van der Waals surface area contributed by atoms with Gasteiger partial charge in [0, 0.05) is 12.0 Å². The van der Waals surface area contributed by atoms with Crippen molar-refractivity contribution in [2.45, 2.75) is 97.3 Å². The molecule has 1 aliphatic carbocycles. The smallest absolute Gasteiger partial charge is 0.314 e. The van der Waals surface area contributed by atoms with Crippen LogP contribution in [0, 0.1) is 11.8 Å². The summed E-state index contributed by atoms with van der Waals surface area (Å²) in [5, 5.41) is 8.35. The molecular formula is C26H38N2O3. The maximum absolute atomic E-state index is 12.5. The van der Waals surface area contributed by atoms with Crippen LogP contribution in [0.2, 0.25) is 0 Å². The van der Waals surface area contributed by atoms with Gasteiger partial charge in [0.05, 0.1) is 5.92 Å². The highest BCUT2D eigenvalue weighted by molar-refractivity contribution is 5.75. The summed E-state index contributed by atoms with van der Waals surface area (Å²) in [6.07, 6.45) is 15.0. The number of esters is 1. The molecule has 0 spiro atoms. The Bertz CT molecular complexity index is 776. The third-order valence-electron chi connectivity index (χ3n) is 6.41. The van der Waals surface area contributed by atoms with E-state index in [0.29, 0.717) is 17.5 Å². The van der Waals surface area contributed by atoms with E-state index in [-0.39, 0.29) is 11.9 Å². The number of unbranched alkanes of at least 4 members (excludes halogenated alkanes) is 5. The molecule has 0 N–H and O–H groups in total. The predicted octanol–water partition coefficient (Wildman–Crippen LogP) is 7.15. The van der Waals surface area contributed by atoms with Crippen LogP contribution in [0.5, 0.6) is 5.75 Å². The van der Waals surface area contributed by atoms with Gasteiger partial charge in [-0.2, -0.15) is 0 Å². The Morgan fingerprint density at radius 1 is 0.935 bits per heavy atom. The summed E-state index contributed by atoms with van der Waals surface area (Å²) < 4.78 is 11.4. The van der Waals surface area contributed by atoms with Gasteiger partial charge < -0.3 is 9.15 Å². The van der Waals surface area contributed by atoms with Gasteiger partial charge in [-0.1, -0.05) is 58.8 Å². The van der Waals surface area contributed by atoms with Crippen molar-refractivity contribution in [1.29, 1.82) is 0 Å². The first-order chi connectivity index (χ1) is 15.2. The summed E-state index contributed by atoms with van der Waals surface area (Å²) in [6.45, 7) is 4.46. The van der Waals surface area contributed by atoms with Crippen molar-refractivity contribution >= 4 is 5.97 Å². The minimum absolute atomic E-state index is 0.0354. The van der Waals surface area contributed by atoms with Gasteiger partial charge >= 0.3 is 5.97 Å². The lowest BCUT2D eigenvalue weighted by atomic mass is 9.80. The standard InChI is InChI=1S/C26H38N2O3/c1-3-5-6-7-8-9-11-24-27-28-25(31-24)21-16-18-23(19-17-21)30-26(29)22-14-12-20(10-4-2)13-15-22/h16-20,22H,3-15H2,1-2H3. The molecule has 0 aliphatic heterocycles. The van der Waals surface area contributed by atoms with Crippen molar-refractivity contribution in [1.82, 2.24) is 10.2 Å². The van der Waals surface area contributed by atoms with E-state index in [4.69, 9.17) is 9.15 Å². The molecule has 0 atom stereocenters. The fraction of sp³-hybridized carbons (Fsp3) is 0.654. The van der Waals surface area contributed by atoms with Gasteiger partial charge in [0.1, 0.15) is 5.75 Å². The lowest BCUT2D eigenvalue weighted by Crippen LogP contribution is -2.25. The molecule has 1 saturated carbocycles. The summed E-state index contributed by atoms with van der Waals surface area (Å²) >= 11 is 0. The molecule has 0 amide bonds. The maximum atomic E-state index is 12.5. The molecule has 1 fully saturated rings. The van der Waals surface area contributed by atoms with Crippen molar-refractivity contribution < 1.29 is 13.9 Å². The number of carbonyl (C=O) groups is 1. The number of benzene rings is 1. The van der Waals surface area contributed by atoms with E-state index in [0.717, 1.165) is 50.0 Å². The minimum atomic E-state index is -0.0956. The number of hydrogen-bond acceptors (Lipinski definition) is 5. The Kier molecular flexibility index (Phi) is 9.57. The highest BCUT2D eigenvalue weighted by Gasteiger charge is 2.27. The van der Waals surface area contributed by atoms with E-state index < -0.39 is 0 Å². The van der Waals surface area contributed by atoms with E-state index in [2.05, 4.69) is 24.0 Å². The lowest BCUT2D eigenvalue weighted by Gasteiger charge is -2.26. The molecule has 1 aromatic carbocycles. The van der Waals surface area contributed by atoms with Crippen LogP contribution in [0.25, 0.3) is 11.5 Å². The van der Waals surface area contributed by atoms with Gasteiger partial charge in [-0.05, 0) is 62.3 Å². The van der Waals surface area contributed by atoms with Crippen LogP contribution in [0.3, 0.4) is 0 Å². The third kappa shape index (κ3) is 7.48. The lowest BCUT2D eigenvalue weighted by molar-refractivity contribution is -0.140. The maximum Gasteiger partial charge on any atom is 0.314 e. The number of carbonyl (C=O) groups excluding carboxylic acids is 1. The van der Waals surface area contributed by atoms with E-state index in [1.807, 2.05) is 24.3 Å². The zero-order chi connectivity index (χ0) is 21.9. The first-order valence-electron chi connectivity index (χ1n) is 12.3. The second-order valence-electron chi connectivity index (χ2n) is 8.97. The Labute approximate surface area is 187 Å². The molecule has 5 nitrogen and oxygen atoms in total. The normalized spacial score (nSPS) is 18.8. The number of aromatic nitrogens is 2. The van der Waals surface area contributed by atoms with Gasteiger partial charge in [0.25, 0.3) is 0 Å². The van der Waals surface area contributed by atoms with E-state index in [1.54, 1.807) is 0 Å². The molecule has 170 valence electrons. The number of ether oxygens (including phenoxy) is 1. The molecular weight excluding hydrogens is 388 g/mol. The quantitative estimate of drug-likeness (QED) is 0.205. The third-order valence-corrected chi connectivity index (χ3v) is 6.41. The Morgan fingerprint density at radius 2 is 1.65 bits per heavy atom. The Hall–Kier alpha value is -2.17. The van der Waals surface area contributed by atoms with Crippen molar-refractivity contribution in [2.75, 3.05) is 0 Å². The summed E-state index contributed by atoms with van der Waals surface area (Å²) in [5.74, 6) is 2.52. The fourth-order valence-corrected chi connectivity index (χ4v) is 4.49. The van der Waals surface area contributed by atoms with Crippen molar-refractivity contribution in [3.05, 3.63) is 30.2 Å². The van der Waals surface area contributed by atoms with Crippen LogP contribution in [0.15, 0.2) is 28.7 Å². The van der Waals surface area contributed by atoms with Crippen LogP contribution < -0.4 is 4.74 Å². The summed E-state index contributed by atoms with van der Waals surface area (Å²) in [5.41, 5.74) is 0.849. The number of nitrogens with zero attached hydrogens (tertiary/aromatic N) is 2. The zero-order valence-electron chi connectivity index (χ0n) is 19.3. The molecule has 1 aromatic heterocycles. The molecule has 0 radical (unpaired) electrons. The van der Waals surface area contributed by atoms with Crippen molar-refractivity contribution in [3.63, 3.8) is 0 Å². The van der Waals surface area contributed by atoms with E-state index in [1.165, 1.54) is 44.9 Å². The molecule has 0 unspecified atom stereocenters. The van der Waals surface area contributed by atoms with Crippen LogP contribution in [0.1, 0.15) is 96.8 Å². The van der Waals surface area contributed by atoms with Crippen molar-refractivity contribution in [3.8, 4) is 17.2 Å². The highest BCUT2D eigenvalue weighted by Crippen LogP contribution is 2.32. The largest absolute Gasteiger partial charge is 0.426 e. The second-order valence-corrected chi connectivity index (χ2v) is 8.97. The number of hydrogen-bond donors (Lipinski definition) is 0. The van der Waals surface area contributed by atoms with Gasteiger partial charge in [-0.15, -0.1) is 10.2 Å². The monoisotopic (exact) mass is 426 g/mol. The zero-order valence-corrected chi connectivity index (χ0v) is 19.3. The Balaban J connectivity index is 1.44. The van der Waals surface area contributed by atoms with Gasteiger partial charge in [-0.25, -0.2) is 0 Å². The van der Waals surface area contributed by atoms with Crippen molar-refractivity contribution in [2.24, 2.45) is 11.8 Å². The number of rotatable bonds is 12. The fourth-order valence-electron chi connectivity index (χ4n) is 4.49. The number of aryl methyl sites for hydroxylation is 1. The molecule has 2 aromatic rings. The molecule has 3 rings (SSSR count). The van der Waals surface area contributed by atoms with Crippen LogP contribution in [-0.2, 0) is 11.2 Å². The van der Waals surface area contributed by atoms with Gasteiger partial charge in [0.2, 0.25) is 11.8 Å². The van der Waals surface area contributed by atoms with Gasteiger partial charge in [-0.3, -0.25) is 4.79 Å². The Morgan fingerprint density at radius 3 is 2.35 bits per heavy atom. The molecule has 1 aliphatic rings. The topological polar surface area (TPSA) is 65.2 Å². The van der Waals surface area contributed by atoms with Crippen LogP contribution >= 0.6 is 0 Å². The summed E-state index contributed by atoms with van der Waals surface area (Å²) in [7, 11) is 0. The van der Waals surface area contributed by atoms with E-state index in [9.17, 15) is 4.79 Å². The average molecular weight is 427 g/mol. The molecule has 0 bridgehead atoms. The molecule has 5 heteroatoms. The van der Waals surface area contributed by atoms with Crippen LogP contribution in [-0.4, -0.2) is 16.2 Å². The predicted molar refractivity (Wildman–Crippen MR) is 123 cm³/mol. The van der Waals surface area contributed by atoms with Gasteiger partial charge in [0.15, 0.2) is 0 Å². The molecule has 1 heterocycles. The van der Waals surface area contributed by atoms with Crippen LogP contribution in [0.4, 0.5) is 0 Å². The SMILES string of the molecule is CCCCCCCCc1nnc(-c2ccc(OC(=O)C3CCC(CCC)CC3)cc2)o1. The average Bonchev–Trinajstić information content (AvgIpc) is 3.26. The summed E-state index contributed by atoms with van der Waals surface area (Å²) in [4.78, 5) is 12.5. The molecule has 31 heavy (non-hydrogen) atoms. The minimum Gasteiger partial charge on any atom is -0.426 e. The molecule has 0 saturated heterocycles. The highest BCUT2D eigenvalue weighted by atomic mass is 16.5. The van der Waals surface area contributed by atoms with E-state index >= 15 is 0 Å². The first-order valence-corrected chi connectivity index (χ1v) is 12.3.